The summed E-state index contributed by atoms with van der Waals surface area (Å²) in [6.45, 7) is 4.06. The zero-order valence-electron chi connectivity index (χ0n) is 12.0. The van der Waals surface area contributed by atoms with Crippen molar-refractivity contribution in [2.75, 3.05) is 0 Å². The fourth-order valence-electron chi connectivity index (χ4n) is 2.15. The van der Waals surface area contributed by atoms with Gasteiger partial charge in [0.1, 0.15) is 10.9 Å². The van der Waals surface area contributed by atoms with Crippen molar-refractivity contribution in [1.82, 2.24) is 10.2 Å². The summed E-state index contributed by atoms with van der Waals surface area (Å²) in [5, 5.41) is 17.7. The van der Waals surface area contributed by atoms with E-state index in [0.29, 0.717) is 15.6 Å². The van der Waals surface area contributed by atoms with E-state index < -0.39 is 0 Å². The predicted molar refractivity (Wildman–Crippen MR) is 87.4 cm³/mol. The van der Waals surface area contributed by atoms with Crippen molar-refractivity contribution in [3.05, 3.63) is 46.1 Å². The van der Waals surface area contributed by atoms with E-state index in [0.717, 1.165) is 29.0 Å². The number of hydrogen-bond donors (Lipinski definition) is 2. The number of aromatic nitrogens is 2. The molecule has 110 valence electrons. The highest BCUT2D eigenvalue weighted by molar-refractivity contribution is 7.99. The molecule has 2 aromatic rings. The minimum atomic E-state index is 0.0287. The number of rotatable bonds is 5. The van der Waals surface area contributed by atoms with Crippen LogP contribution < -0.4 is 5.73 Å². The average molecular weight is 321 g/mol. The van der Waals surface area contributed by atoms with Crippen LogP contribution in [0.15, 0.2) is 34.2 Å². The molecule has 0 unspecified atom stereocenters. The smallest absolute Gasteiger partial charge is 0.135 e. The average Bonchev–Trinajstić information content (AvgIpc) is 2.46. The van der Waals surface area contributed by atoms with Crippen LogP contribution in [0.1, 0.15) is 30.7 Å². The molecule has 0 aliphatic carbocycles. The number of nitrogen functional groups attached to an aromatic ring is 1. The zero-order chi connectivity index (χ0) is 15.4. The first-order valence-corrected chi connectivity index (χ1v) is 7.92. The van der Waals surface area contributed by atoms with Crippen LogP contribution in [0.25, 0.3) is 0 Å². The van der Waals surface area contributed by atoms with Gasteiger partial charge in [0.25, 0.3) is 0 Å². The minimum absolute atomic E-state index is 0.0287. The van der Waals surface area contributed by atoms with Crippen molar-refractivity contribution in [3.8, 4) is 0 Å². The summed E-state index contributed by atoms with van der Waals surface area (Å²) >= 11 is 7.43. The Morgan fingerprint density at radius 3 is 2.62 bits per heavy atom. The van der Waals surface area contributed by atoms with Crippen LogP contribution in [0.3, 0.4) is 0 Å². The predicted octanol–water partition coefficient (Wildman–Crippen LogP) is 3.69. The van der Waals surface area contributed by atoms with Gasteiger partial charge < -0.3 is 5.73 Å². The second-order valence-corrected chi connectivity index (χ2v) is 5.98. The standard InChI is InChI=1S/C15H17ClN4S/c1-3-11-12(4-2)19-20-15(13(11)14(17)18)21-10-7-5-6-9(16)8-10/h5-8H,3-4H2,1-2H3,(H3,17,18). The highest BCUT2D eigenvalue weighted by Crippen LogP contribution is 2.32. The van der Waals surface area contributed by atoms with Gasteiger partial charge in [-0.15, -0.1) is 5.10 Å². The first kappa shape index (κ1) is 15.8. The molecule has 3 N–H and O–H groups in total. The Balaban J connectivity index is 2.50. The molecule has 0 fully saturated rings. The maximum atomic E-state index is 7.87. The Labute approximate surface area is 133 Å². The fourth-order valence-corrected chi connectivity index (χ4v) is 3.37. The molecule has 0 atom stereocenters. The fraction of sp³-hybridized carbons (Fsp3) is 0.267. The lowest BCUT2D eigenvalue weighted by atomic mass is 10.0. The molecular weight excluding hydrogens is 304 g/mol. The van der Waals surface area contributed by atoms with E-state index >= 15 is 0 Å². The molecule has 1 aromatic heterocycles. The number of aryl methyl sites for hydroxylation is 1. The van der Waals surface area contributed by atoms with Crippen molar-refractivity contribution >= 4 is 29.2 Å². The molecule has 21 heavy (non-hydrogen) atoms. The van der Waals surface area contributed by atoms with Crippen molar-refractivity contribution in [2.45, 2.75) is 36.6 Å². The largest absolute Gasteiger partial charge is 0.384 e. The summed E-state index contributed by atoms with van der Waals surface area (Å²) in [7, 11) is 0. The lowest BCUT2D eigenvalue weighted by molar-refractivity contribution is 0.819. The van der Waals surface area contributed by atoms with Crippen LogP contribution in [0.4, 0.5) is 0 Å². The van der Waals surface area contributed by atoms with Crippen LogP contribution >= 0.6 is 23.4 Å². The molecule has 4 nitrogen and oxygen atoms in total. The molecule has 2 rings (SSSR count). The summed E-state index contributed by atoms with van der Waals surface area (Å²) in [6.07, 6.45) is 1.55. The Morgan fingerprint density at radius 1 is 1.29 bits per heavy atom. The highest BCUT2D eigenvalue weighted by atomic mass is 35.5. The summed E-state index contributed by atoms with van der Waals surface area (Å²) in [6, 6.07) is 7.51. The molecule has 0 saturated carbocycles. The van der Waals surface area contributed by atoms with Gasteiger partial charge >= 0.3 is 0 Å². The lowest BCUT2D eigenvalue weighted by Crippen LogP contribution is -2.18. The second-order valence-electron chi connectivity index (χ2n) is 4.49. The van der Waals surface area contributed by atoms with E-state index in [1.165, 1.54) is 11.8 Å². The van der Waals surface area contributed by atoms with E-state index in [9.17, 15) is 0 Å². The molecular formula is C15H17ClN4S. The van der Waals surface area contributed by atoms with Crippen molar-refractivity contribution < 1.29 is 0 Å². The maximum absolute atomic E-state index is 7.87. The van der Waals surface area contributed by atoms with Crippen molar-refractivity contribution in [3.63, 3.8) is 0 Å². The van der Waals surface area contributed by atoms with Crippen LogP contribution in [0, 0.1) is 5.41 Å². The van der Waals surface area contributed by atoms with Crippen LogP contribution in [0.5, 0.6) is 0 Å². The molecule has 0 aliphatic heterocycles. The molecule has 1 aromatic carbocycles. The molecule has 0 aliphatic rings. The minimum Gasteiger partial charge on any atom is -0.384 e. The number of benzene rings is 1. The van der Waals surface area contributed by atoms with Crippen molar-refractivity contribution in [1.29, 1.82) is 5.41 Å². The van der Waals surface area contributed by atoms with E-state index in [1.54, 1.807) is 0 Å². The van der Waals surface area contributed by atoms with E-state index in [-0.39, 0.29) is 5.84 Å². The third-order valence-electron chi connectivity index (χ3n) is 3.09. The summed E-state index contributed by atoms with van der Waals surface area (Å²) in [5.41, 5.74) is 8.37. The van der Waals surface area contributed by atoms with Gasteiger partial charge in [-0.05, 0) is 36.6 Å². The molecule has 0 radical (unpaired) electrons. The van der Waals surface area contributed by atoms with Crippen molar-refractivity contribution in [2.24, 2.45) is 5.73 Å². The summed E-state index contributed by atoms with van der Waals surface area (Å²) < 4.78 is 0. The zero-order valence-corrected chi connectivity index (χ0v) is 13.6. The van der Waals surface area contributed by atoms with Crippen LogP contribution in [-0.2, 0) is 12.8 Å². The summed E-state index contributed by atoms with van der Waals surface area (Å²) in [5.74, 6) is 0.0287. The number of halogens is 1. The number of hydrogen-bond acceptors (Lipinski definition) is 4. The molecule has 0 saturated heterocycles. The highest BCUT2D eigenvalue weighted by Gasteiger charge is 2.17. The van der Waals surface area contributed by atoms with Gasteiger partial charge in [-0.25, -0.2) is 0 Å². The first-order chi connectivity index (χ1) is 10.1. The van der Waals surface area contributed by atoms with Gasteiger partial charge in [0.15, 0.2) is 0 Å². The molecule has 1 heterocycles. The quantitative estimate of drug-likeness (QED) is 0.650. The number of amidine groups is 1. The second kappa shape index (κ2) is 6.91. The van der Waals surface area contributed by atoms with Gasteiger partial charge in [-0.2, -0.15) is 5.10 Å². The van der Waals surface area contributed by atoms with Gasteiger partial charge in [-0.1, -0.05) is 43.3 Å². The molecule has 6 heteroatoms. The van der Waals surface area contributed by atoms with Gasteiger partial charge in [0.05, 0.1) is 11.3 Å². The van der Waals surface area contributed by atoms with E-state index in [1.807, 2.05) is 38.1 Å². The Kier molecular flexibility index (Phi) is 5.20. The Hall–Kier alpha value is -1.59. The molecule has 0 spiro atoms. The topological polar surface area (TPSA) is 75.7 Å². The van der Waals surface area contributed by atoms with Crippen LogP contribution in [-0.4, -0.2) is 16.0 Å². The normalized spacial score (nSPS) is 10.6. The van der Waals surface area contributed by atoms with Gasteiger partial charge in [0.2, 0.25) is 0 Å². The first-order valence-electron chi connectivity index (χ1n) is 6.73. The molecule has 0 bridgehead atoms. The monoisotopic (exact) mass is 320 g/mol. The SMILES string of the molecule is CCc1nnc(Sc2cccc(Cl)c2)c(C(=N)N)c1CC. The van der Waals surface area contributed by atoms with E-state index in [4.69, 9.17) is 22.7 Å². The Bertz CT molecular complexity index is 673. The number of nitrogens with two attached hydrogens (primary N) is 1. The number of nitrogens with zero attached hydrogens (tertiary/aromatic N) is 2. The number of nitrogens with one attached hydrogen (secondary N) is 1. The van der Waals surface area contributed by atoms with Crippen LogP contribution in [0.2, 0.25) is 5.02 Å². The third kappa shape index (κ3) is 3.54. The third-order valence-corrected chi connectivity index (χ3v) is 4.30. The molecule has 0 amide bonds. The lowest BCUT2D eigenvalue weighted by Gasteiger charge is -2.14. The van der Waals surface area contributed by atoms with Gasteiger partial charge in [-0.3, -0.25) is 5.41 Å². The summed E-state index contributed by atoms with van der Waals surface area (Å²) in [4.78, 5) is 0.950. The van der Waals surface area contributed by atoms with Gasteiger partial charge in [0, 0.05) is 9.92 Å². The van der Waals surface area contributed by atoms with E-state index in [2.05, 4.69) is 10.2 Å². The maximum Gasteiger partial charge on any atom is 0.135 e. The Morgan fingerprint density at radius 2 is 2.05 bits per heavy atom.